The summed E-state index contributed by atoms with van der Waals surface area (Å²) >= 11 is 0. The van der Waals surface area contributed by atoms with E-state index in [9.17, 15) is 19.8 Å². The van der Waals surface area contributed by atoms with Gasteiger partial charge in [-0.15, -0.1) is 0 Å². The maximum absolute atomic E-state index is 11.9. The van der Waals surface area contributed by atoms with Crippen LogP contribution in [-0.2, 0) is 19.1 Å². The number of hydrogen-bond donors (Lipinski definition) is 2. The highest BCUT2D eigenvalue weighted by molar-refractivity contribution is 5.69. The van der Waals surface area contributed by atoms with Crippen LogP contribution < -0.4 is 0 Å². The average molecular weight is 645 g/mol. The zero-order valence-electron chi connectivity index (χ0n) is 29.4. The van der Waals surface area contributed by atoms with Crippen LogP contribution in [0, 0.1) is 0 Å². The summed E-state index contributed by atoms with van der Waals surface area (Å²) in [5.41, 5.74) is 0. The third-order valence-corrected chi connectivity index (χ3v) is 7.62. The molecule has 0 radical (unpaired) electrons. The Bertz CT molecular complexity index is 841. The van der Waals surface area contributed by atoms with Gasteiger partial charge in [0.15, 0.2) is 0 Å². The van der Waals surface area contributed by atoms with Gasteiger partial charge in [0, 0.05) is 12.8 Å². The van der Waals surface area contributed by atoms with Gasteiger partial charge in [-0.05, 0) is 44.9 Å². The van der Waals surface area contributed by atoms with Crippen molar-refractivity contribution in [2.24, 2.45) is 0 Å². The van der Waals surface area contributed by atoms with Crippen molar-refractivity contribution in [3.05, 3.63) is 60.8 Å². The first-order valence-corrected chi connectivity index (χ1v) is 18.4. The van der Waals surface area contributed by atoms with Gasteiger partial charge in [0.05, 0.1) is 6.10 Å². The first-order chi connectivity index (χ1) is 22.5. The van der Waals surface area contributed by atoms with Crippen LogP contribution in [0.4, 0.5) is 0 Å². The number of allylic oxidation sites excluding steroid dienone is 9. The lowest BCUT2D eigenvalue weighted by molar-refractivity contribution is -0.152. The molecule has 264 valence electrons. The normalized spacial score (nSPS) is 13.6. The van der Waals surface area contributed by atoms with Crippen LogP contribution in [0.2, 0.25) is 0 Å². The lowest BCUT2D eigenvalue weighted by Crippen LogP contribution is -2.25. The molecule has 0 saturated heterocycles. The zero-order valence-corrected chi connectivity index (χ0v) is 29.4. The molecule has 0 aliphatic rings. The SMILES string of the molecule is CC/C=C\C/C=C\C/C=C\C/C=C\C=C\C(O)CCCC(=O)OC[C@@H](O)COC(=O)CCCCCCCCCCCCCCCC. The molecule has 0 saturated carbocycles. The summed E-state index contributed by atoms with van der Waals surface area (Å²) < 4.78 is 10.2. The number of unbranched alkanes of at least 4 members (excludes halogenated alkanes) is 13. The van der Waals surface area contributed by atoms with Crippen molar-refractivity contribution in [2.45, 2.75) is 167 Å². The van der Waals surface area contributed by atoms with E-state index in [1.165, 1.54) is 70.6 Å². The minimum atomic E-state index is -1.04. The molecule has 6 heteroatoms. The summed E-state index contributed by atoms with van der Waals surface area (Å²) in [7, 11) is 0. The standard InChI is InChI=1S/C40H68O6/c1-3-5-7-9-11-13-15-17-19-21-23-25-27-29-33-39(43)45-35-38(42)36-46-40(44)34-30-32-37(41)31-28-26-24-22-20-18-16-14-12-10-8-6-4-2/h6,8,12,14,18,20,24,26,28,31,37-38,41-42H,3-5,7,9-11,13,15-17,19,21-23,25,27,29-30,32-36H2,1-2H3/b8-6-,14-12-,20-18-,26-24-,31-28+/t37?,38-/m0/s1. The fraction of sp³-hybridized carbons (Fsp3) is 0.700. The number of esters is 2. The zero-order chi connectivity index (χ0) is 33.8. The van der Waals surface area contributed by atoms with Gasteiger partial charge >= 0.3 is 11.9 Å². The summed E-state index contributed by atoms with van der Waals surface area (Å²) in [6.45, 7) is 4.00. The van der Waals surface area contributed by atoms with Crippen molar-refractivity contribution < 1.29 is 29.3 Å². The van der Waals surface area contributed by atoms with E-state index in [0.717, 1.165) is 44.9 Å². The summed E-state index contributed by atoms with van der Waals surface area (Å²) in [6, 6.07) is 0. The van der Waals surface area contributed by atoms with E-state index in [0.29, 0.717) is 19.3 Å². The molecule has 0 heterocycles. The Kier molecular flexibility index (Phi) is 33.5. The van der Waals surface area contributed by atoms with Crippen LogP contribution >= 0.6 is 0 Å². The molecular weight excluding hydrogens is 576 g/mol. The Morgan fingerprint density at radius 3 is 1.48 bits per heavy atom. The van der Waals surface area contributed by atoms with Crippen LogP contribution in [0.5, 0.6) is 0 Å². The molecule has 0 bridgehead atoms. The Morgan fingerprint density at radius 2 is 0.978 bits per heavy atom. The van der Waals surface area contributed by atoms with Gasteiger partial charge in [-0.25, -0.2) is 0 Å². The van der Waals surface area contributed by atoms with Gasteiger partial charge in [-0.1, -0.05) is 158 Å². The second-order valence-corrected chi connectivity index (χ2v) is 12.2. The highest BCUT2D eigenvalue weighted by Crippen LogP contribution is 2.13. The number of carbonyl (C=O) groups excluding carboxylic acids is 2. The Morgan fingerprint density at radius 1 is 0.543 bits per heavy atom. The van der Waals surface area contributed by atoms with Crippen molar-refractivity contribution in [1.29, 1.82) is 0 Å². The van der Waals surface area contributed by atoms with Gasteiger partial charge in [-0.3, -0.25) is 9.59 Å². The molecule has 0 rings (SSSR count). The third-order valence-electron chi connectivity index (χ3n) is 7.62. The molecule has 0 aromatic carbocycles. The van der Waals surface area contributed by atoms with E-state index < -0.39 is 18.2 Å². The van der Waals surface area contributed by atoms with Gasteiger partial charge in [-0.2, -0.15) is 0 Å². The lowest BCUT2D eigenvalue weighted by atomic mass is 10.0. The molecule has 0 aliphatic heterocycles. The molecule has 1 unspecified atom stereocenters. The van der Waals surface area contributed by atoms with Crippen molar-refractivity contribution >= 4 is 11.9 Å². The number of aliphatic hydroxyl groups is 2. The van der Waals surface area contributed by atoms with Gasteiger partial charge in [0.25, 0.3) is 0 Å². The summed E-state index contributed by atoms with van der Waals surface area (Å²) in [5.74, 6) is -0.764. The van der Waals surface area contributed by atoms with Gasteiger partial charge in [0.1, 0.15) is 19.3 Å². The second-order valence-electron chi connectivity index (χ2n) is 12.2. The summed E-state index contributed by atoms with van der Waals surface area (Å²) in [6.07, 6.45) is 41.6. The third kappa shape index (κ3) is 34.4. The van der Waals surface area contributed by atoms with E-state index in [1.54, 1.807) is 6.08 Å². The minimum Gasteiger partial charge on any atom is -0.463 e. The number of carbonyl (C=O) groups is 2. The predicted octanol–water partition coefficient (Wildman–Crippen LogP) is 10.2. The molecule has 0 aromatic rings. The second kappa shape index (κ2) is 35.4. The number of aliphatic hydroxyl groups excluding tert-OH is 2. The van der Waals surface area contributed by atoms with Crippen molar-refractivity contribution in [2.75, 3.05) is 13.2 Å². The molecule has 46 heavy (non-hydrogen) atoms. The highest BCUT2D eigenvalue weighted by Gasteiger charge is 2.12. The van der Waals surface area contributed by atoms with Gasteiger partial charge < -0.3 is 19.7 Å². The smallest absolute Gasteiger partial charge is 0.305 e. The molecule has 0 aliphatic carbocycles. The molecule has 0 spiro atoms. The number of rotatable bonds is 32. The highest BCUT2D eigenvalue weighted by atomic mass is 16.6. The van der Waals surface area contributed by atoms with E-state index in [-0.39, 0.29) is 25.6 Å². The van der Waals surface area contributed by atoms with Crippen LogP contribution in [0.1, 0.15) is 155 Å². The summed E-state index contributed by atoms with van der Waals surface area (Å²) in [4.78, 5) is 23.9. The lowest BCUT2D eigenvalue weighted by Gasteiger charge is -2.12. The van der Waals surface area contributed by atoms with Crippen LogP contribution in [0.15, 0.2) is 60.8 Å². The van der Waals surface area contributed by atoms with Crippen molar-refractivity contribution in [3.8, 4) is 0 Å². The molecule has 2 atom stereocenters. The maximum atomic E-state index is 11.9. The predicted molar refractivity (Wildman–Crippen MR) is 193 cm³/mol. The fourth-order valence-electron chi connectivity index (χ4n) is 4.82. The summed E-state index contributed by atoms with van der Waals surface area (Å²) in [5, 5.41) is 20.1. The molecule has 6 nitrogen and oxygen atoms in total. The number of hydrogen-bond acceptors (Lipinski definition) is 6. The molecule has 0 fully saturated rings. The molecule has 2 N–H and O–H groups in total. The minimum absolute atomic E-state index is 0.153. The largest absolute Gasteiger partial charge is 0.463 e. The quantitative estimate of drug-likeness (QED) is 0.0328. The van der Waals surface area contributed by atoms with Gasteiger partial charge in [0.2, 0.25) is 0 Å². The Balaban J connectivity index is 3.66. The van der Waals surface area contributed by atoms with E-state index in [4.69, 9.17) is 9.47 Å². The van der Waals surface area contributed by atoms with E-state index >= 15 is 0 Å². The van der Waals surface area contributed by atoms with Crippen LogP contribution in [0.25, 0.3) is 0 Å². The van der Waals surface area contributed by atoms with Crippen molar-refractivity contribution in [3.63, 3.8) is 0 Å². The first-order valence-electron chi connectivity index (χ1n) is 18.4. The number of ether oxygens (including phenoxy) is 2. The Hall–Kier alpha value is -2.44. The first kappa shape index (κ1) is 43.6. The van der Waals surface area contributed by atoms with E-state index in [1.807, 2.05) is 18.2 Å². The van der Waals surface area contributed by atoms with Crippen LogP contribution in [0.3, 0.4) is 0 Å². The topological polar surface area (TPSA) is 93.1 Å². The van der Waals surface area contributed by atoms with Crippen LogP contribution in [-0.4, -0.2) is 47.6 Å². The molecular formula is C40H68O6. The van der Waals surface area contributed by atoms with Crippen molar-refractivity contribution in [1.82, 2.24) is 0 Å². The molecule has 0 amide bonds. The Labute approximate surface area is 282 Å². The monoisotopic (exact) mass is 645 g/mol. The fourth-order valence-corrected chi connectivity index (χ4v) is 4.82. The molecule has 0 aromatic heterocycles. The average Bonchev–Trinajstić information content (AvgIpc) is 3.05. The van der Waals surface area contributed by atoms with E-state index in [2.05, 4.69) is 50.3 Å². The maximum Gasteiger partial charge on any atom is 0.305 e.